The number of rotatable bonds is 7. The van der Waals surface area contributed by atoms with Gasteiger partial charge in [0, 0.05) is 25.2 Å². The summed E-state index contributed by atoms with van der Waals surface area (Å²) in [5.74, 6) is 0.153. The van der Waals surface area contributed by atoms with E-state index in [9.17, 15) is 8.42 Å². The van der Waals surface area contributed by atoms with Crippen LogP contribution in [0.4, 0.5) is 0 Å². The molecule has 1 aliphatic heterocycles. The van der Waals surface area contributed by atoms with Crippen LogP contribution in [0.5, 0.6) is 0 Å². The normalized spacial score (nSPS) is 27.2. The fraction of sp³-hybridized carbons (Fsp3) is 1.00. The maximum Gasteiger partial charge on any atom is 0.213 e. The van der Waals surface area contributed by atoms with E-state index in [1.807, 2.05) is 6.92 Å². The standard InChI is InChI=1S/C11H22N2O3S/c1-9(11-3-2-7-16-11)13-17(14,15)8-6-12-10-4-5-10/h9-13H,2-8H2,1H3. The van der Waals surface area contributed by atoms with Crippen molar-refractivity contribution in [2.75, 3.05) is 18.9 Å². The molecule has 2 aliphatic rings. The van der Waals surface area contributed by atoms with Crippen LogP contribution in [0.3, 0.4) is 0 Å². The topological polar surface area (TPSA) is 67.4 Å². The molecule has 1 saturated carbocycles. The van der Waals surface area contributed by atoms with Gasteiger partial charge in [0.05, 0.1) is 11.9 Å². The van der Waals surface area contributed by atoms with Gasteiger partial charge in [-0.25, -0.2) is 13.1 Å². The summed E-state index contributed by atoms with van der Waals surface area (Å²) in [5, 5.41) is 3.21. The number of nitrogens with one attached hydrogen (secondary N) is 2. The summed E-state index contributed by atoms with van der Waals surface area (Å²) in [6.07, 6.45) is 4.38. The molecule has 17 heavy (non-hydrogen) atoms. The first kappa shape index (κ1) is 13.3. The van der Waals surface area contributed by atoms with Crippen molar-refractivity contribution in [3.63, 3.8) is 0 Å². The first-order valence-corrected chi connectivity index (χ1v) is 8.07. The molecule has 2 rings (SSSR count). The number of sulfonamides is 1. The molecule has 0 aromatic carbocycles. The lowest BCUT2D eigenvalue weighted by atomic mass is 10.1. The first-order chi connectivity index (χ1) is 8.07. The van der Waals surface area contributed by atoms with Crippen molar-refractivity contribution in [3.05, 3.63) is 0 Å². The summed E-state index contributed by atoms with van der Waals surface area (Å²) in [7, 11) is -3.18. The highest BCUT2D eigenvalue weighted by atomic mass is 32.2. The van der Waals surface area contributed by atoms with Crippen LogP contribution >= 0.6 is 0 Å². The van der Waals surface area contributed by atoms with Gasteiger partial charge in [0.1, 0.15) is 0 Å². The van der Waals surface area contributed by atoms with Crippen molar-refractivity contribution >= 4 is 10.0 Å². The van der Waals surface area contributed by atoms with Gasteiger partial charge in [0.25, 0.3) is 0 Å². The Morgan fingerprint density at radius 1 is 1.35 bits per heavy atom. The Morgan fingerprint density at radius 3 is 2.71 bits per heavy atom. The van der Waals surface area contributed by atoms with Crippen molar-refractivity contribution in [2.24, 2.45) is 0 Å². The van der Waals surface area contributed by atoms with Crippen LogP contribution in [-0.2, 0) is 14.8 Å². The first-order valence-electron chi connectivity index (χ1n) is 6.42. The van der Waals surface area contributed by atoms with E-state index in [0.29, 0.717) is 12.6 Å². The highest BCUT2D eigenvalue weighted by Crippen LogP contribution is 2.18. The molecular weight excluding hydrogens is 240 g/mol. The van der Waals surface area contributed by atoms with Crippen molar-refractivity contribution < 1.29 is 13.2 Å². The summed E-state index contributed by atoms with van der Waals surface area (Å²) in [4.78, 5) is 0. The van der Waals surface area contributed by atoms with Gasteiger partial charge in [-0.3, -0.25) is 0 Å². The molecule has 1 aliphatic carbocycles. The molecule has 6 heteroatoms. The quantitative estimate of drug-likeness (QED) is 0.689. The predicted molar refractivity (Wildman–Crippen MR) is 66.4 cm³/mol. The van der Waals surface area contributed by atoms with Crippen LogP contribution in [0.1, 0.15) is 32.6 Å². The zero-order valence-corrected chi connectivity index (χ0v) is 11.1. The summed E-state index contributed by atoms with van der Waals surface area (Å²) in [5.41, 5.74) is 0. The highest BCUT2D eigenvalue weighted by molar-refractivity contribution is 7.89. The molecule has 2 atom stereocenters. The molecule has 0 aromatic heterocycles. The molecule has 1 heterocycles. The molecule has 0 radical (unpaired) electrons. The van der Waals surface area contributed by atoms with E-state index in [0.717, 1.165) is 19.4 Å². The molecule has 2 unspecified atom stereocenters. The fourth-order valence-electron chi connectivity index (χ4n) is 2.10. The SMILES string of the molecule is CC(NS(=O)(=O)CCNC1CC1)C1CCCO1. The van der Waals surface area contributed by atoms with E-state index in [-0.39, 0.29) is 17.9 Å². The number of hydrogen-bond acceptors (Lipinski definition) is 4. The number of hydrogen-bond donors (Lipinski definition) is 2. The van der Waals surface area contributed by atoms with Crippen molar-refractivity contribution in [2.45, 2.75) is 50.8 Å². The van der Waals surface area contributed by atoms with Crippen LogP contribution < -0.4 is 10.0 Å². The Hall–Kier alpha value is -0.170. The van der Waals surface area contributed by atoms with Gasteiger partial charge in [-0.1, -0.05) is 0 Å². The fourth-order valence-corrected chi connectivity index (χ4v) is 3.32. The third kappa shape index (κ3) is 4.54. The molecule has 0 spiro atoms. The molecule has 0 bridgehead atoms. The van der Waals surface area contributed by atoms with Gasteiger partial charge in [-0.2, -0.15) is 0 Å². The van der Waals surface area contributed by atoms with Crippen molar-refractivity contribution in [1.29, 1.82) is 0 Å². The third-order valence-corrected chi connectivity index (χ3v) is 4.74. The summed E-state index contributed by atoms with van der Waals surface area (Å²) >= 11 is 0. The third-order valence-electron chi connectivity index (χ3n) is 3.27. The van der Waals surface area contributed by atoms with Gasteiger partial charge >= 0.3 is 0 Å². The monoisotopic (exact) mass is 262 g/mol. The second-order valence-electron chi connectivity index (χ2n) is 5.01. The number of ether oxygens (including phenoxy) is 1. The highest BCUT2D eigenvalue weighted by Gasteiger charge is 2.26. The van der Waals surface area contributed by atoms with Gasteiger partial charge in [0.2, 0.25) is 10.0 Å². The summed E-state index contributed by atoms with van der Waals surface area (Å²) < 4.78 is 31.8. The minimum atomic E-state index is -3.18. The molecule has 100 valence electrons. The second-order valence-corrected chi connectivity index (χ2v) is 6.88. The molecule has 0 aromatic rings. The van der Waals surface area contributed by atoms with Crippen LogP contribution in [0, 0.1) is 0 Å². The maximum atomic E-state index is 11.8. The summed E-state index contributed by atoms with van der Waals surface area (Å²) in [6, 6.07) is 0.434. The Morgan fingerprint density at radius 2 is 2.12 bits per heavy atom. The molecule has 1 saturated heterocycles. The predicted octanol–water partition coefficient (Wildman–Crippen LogP) is 0.225. The lowest BCUT2D eigenvalue weighted by molar-refractivity contribution is 0.0902. The molecule has 2 N–H and O–H groups in total. The van der Waals surface area contributed by atoms with Crippen LogP contribution in [0.25, 0.3) is 0 Å². The van der Waals surface area contributed by atoms with E-state index in [4.69, 9.17) is 4.74 Å². The molecule has 5 nitrogen and oxygen atoms in total. The lowest BCUT2D eigenvalue weighted by Gasteiger charge is -2.19. The van der Waals surface area contributed by atoms with Gasteiger partial charge in [-0.15, -0.1) is 0 Å². The van der Waals surface area contributed by atoms with E-state index in [1.165, 1.54) is 12.8 Å². The lowest BCUT2D eigenvalue weighted by Crippen LogP contribution is -2.43. The largest absolute Gasteiger partial charge is 0.377 e. The molecular formula is C11H22N2O3S. The average Bonchev–Trinajstić information content (AvgIpc) is 2.91. The van der Waals surface area contributed by atoms with E-state index in [1.54, 1.807) is 0 Å². The minimum Gasteiger partial charge on any atom is -0.377 e. The minimum absolute atomic E-state index is 0.0427. The van der Waals surface area contributed by atoms with Crippen LogP contribution in [-0.4, -0.2) is 45.5 Å². The second kappa shape index (κ2) is 5.65. The Bertz CT molecular complexity index is 335. The molecule has 2 fully saturated rings. The van der Waals surface area contributed by atoms with Crippen molar-refractivity contribution in [3.8, 4) is 0 Å². The zero-order valence-electron chi connectivity index (χ0n) is 10.3. The smallest absolute Gasteiger partial charge is 0.213 e. The average molecular weight is 262 g/mol. The summed E-state index contributed by atoms with van der Waals surface area (Å²) in [6.45, 7) is 3.17. The van der Waals surface area contributed by atoms with Crippen LogP contribution in [0.15, 0.2) is 0 Å². The van der Waals surface area contributed by atoms with E-state index in [2.05, 4.69) is 10.0 Å². The van der Waals surface area contributed by atoms with Crippen molar-refractivity contribution in [1.82, 2.24) is 10.0 Å². The Labute approximate surface area is 103 Å². The molecule has 0 amide bonds. The van der Waals surface area contributed by atoms with E-state index < -0.39 is 10.0 Å². The van der Waals surface area contributed by atoms with E-state index >= 15 is 0 Å². The van der Waals surface area contributed by atoms with Crippen LogP contribution in [0.2, 0.25) is 0 Å². The Balaban J connectivity index is 1.70. The van der Waals surface area contributed by atoms with Gasteiger partial charge in [0.15, 0.2) is 0 Å². The maximum absolute atomic E-state index is 11.8. The van der Waals surface area contributed by atoms with Gasteiger partial charge < -0.3 is 10.1 Å². The Kier molecular flexibility index (Phi) is 4.41. The zero-order chi connectivity index (χ0) is 12.3. The van der Waals surface area contributed by atoms with Gasteiger partial charge in [-0.05, 0) is 32.6 Å².